The van der Waals surface area contributed by atoms with E-state index in [-0.39, 0.29) is 24.0 Å². The van der Waals surface area contributed by atoms with Crippen LogP contribution in [0.5, 0.6) is 0 Å². The van der Waals surface area contributed by atoms with E-state index in [1.165, 1.54) is 16.8 Å². The normalized spacial score (nSPS) is 10.7. The van der Waals surface area contributed by atoms with E-state index >= 15 is 0 Å². The second-order valence-corrected chi connectivity index (χ2v) is 6.04. The molecule has 2 rings (SSSR count). The van der Waals surface area contributed by atoms with Crippen LogP contribution in [-0.2, 0) is 4.79 Å². The third kappa shape index (κ3) is 5.94. The minimum absolute atomic E-state index is 0.0771. The van der Waals surface area contributed by atoms with Crippen LogP contribution in [0.25, 0.3) is 5.69 Å². The van der Waals surface area contributed by atoms with Gasteiger partial charge in [-0.15, -0.1) is 5.10 Å². The number of aromatic nitrogens is 3. The fraction of sp³-hybridized carbons (Fsp3) is 0.444. The molecule has 1 aromatic carbocycles. The van der Waals surface area contributed by atoms with Crippen LogP contribution in [0.15, 0.2) is 24.3 Å². The van der Waals surface area contributed by atoms with Crippen LogP contribution in [0.3, 0.4) is 0 Å². The molecule has 8 heteroatoms. The van der Waals surface area contributed by atoms with Crippen molar-refractivity contribution >= 4 is 11.9 Å². The third-order valence-corrected chi connectivity index (χ3v) is 3.90. The molecule has 0 saturated carbocycles. The van der Waals surface area contributed by atoms with Crippen molar-refractivity contribution in [3.63, 3.8) is 0 Å². The van der Waals surface area contributed by atoms with Gasteiger partial charge in [-0.05, 0) is 44.0 Å². The summed E-state index contributed by atoms with van der Waals surface area (Å²) in [5.41, 5.74) is 0.636. The molecule has 7 nitrogen and oxygen atoms in total. The lowest BCUT2D eigenvalue weighted by atomic mass is 10.1. The maximum atomic E-state index is 13.0. The number of nitrogens with zero attached hydrogens (tertiary/aromatic N) is 3. The van der Waals surface area contributed by atoms with Crippen molar-refractivity contribution in [1.82, 2.24) is 20.1 Å². The zero-order valence-corrected chi connectivity index (χ0v) is 14.7. The lowest BCUT2D eigenvalue weighted by Crippen LogP contribution is -2.25. The fourth-order valence-corrected chi connectivity index (χ4v) is 2.53. The molecule has 0 aliphatic rings. The second-order valence-electron chi connectivity index (χ2n) is 6.04. The maximum absolute atomic E-state index is 13.0. The molecule has 0 bridgehead atoms. The molecule has 0 saturated heterocycles. The topological polar surface area (TPSA) is 97.1 Å². The Hall–Kier alpha value is -2.77. The van der Waals surface area contributed by atoms with Crippen molar-refractivity contribution in [2.75, 3.05) is 6.54 Å². The van der Waals surface area contributed by atoms with Crippen molar-refractivity contribution < 1.29 is 19.1 Å². The van der Waals surface area contributed by atoms with Crippen molar-refractivity contribution in [2.24, 2.45) is 0 Å². The SMILES string of the molecule is Cc1nc(C(=O)NCCCCCCCC(=O)O)nn1-c1ccc(F)cc1. The molecule has 1 aromatic heterocycles. The minimum atomic E-state index is -0.764. The Labute approximate surface area is 151 Å². The molecule has 0 aliphatic heterocycles. The predicted octanol–water partition coefficient (Wildman–Crippen LogP) is 2.87. The highest BCUT2D eigenvalue weighted by Gasteiger charge is 2.14. The molecule has 140 valence electrons. The van der Waals surface area contributed by atoms with E-state index in [9.17, 15) is 14.0 Å². The number of hydrogen-bond donors (Lipinski definition) is 2. The first-order chi connectivity index (χ1) is 12.5. The minimum Gasteiger partial charge on any atom is -0.481 e. The molecular formula is C18H23FN4O3. The molecule has 1 heterocycles. The molecule has 0 fully saturated rings. The predicted molar refractivity (Wildman–Crippen MR) is 93.7 cm³/mol. The van der Waals surface area contributed by atoms with E-state index < -0.39 is 5.97 Å². The Balaban J connectivity index is 1.75. The second kappa shape index (κ2) is 9.65. The summed E-state index contributed by atoms with van der Waals surface area (Å²) in [6.45, 7) is 2.24. The van der Waals surface area contributed by atoms with Crippen molar-refractivity contribution in [3.8, 4) is 5.69 Å². The van der Waals surface area contributed by atoms with Gasteiger partial charge in [0.05, 0.1) is 5.69 Å². The quantitative estimate of drug-likeness (QED) is 0.634. The number of benzene rings is 1. The molecule has 2 N–H and O–H groups in total. The summed E-state index contributed by atoms with van der Waals surface area (Å²) >= 11 is 0. The lowest BCUT2D eigenvalue weighted by Gasteiger charge is -2.03. The van der Waals surface area contributed by atoms with Crippen LogP contribution >= 0.6 is 0 Å². The summed E-state index contributed by atoms with van der Waals surface area (Å²) in [6.07, 6.45) is 4.46. The van der Waals surface area contributed by atoms with E-state index in [0.29, 0.717) is 24.5 Å². The number of nitrogens with one attached hydrogen (secondary N) is 1. The van der Waals surface area contributed by atoms with Gasteiger partial charge >= 0.3 is 5.97 Å². The first-order valence-electron chi connectivity index (χ1n) is 8.67. The Morgan fingerprint density at radius 2 is 1.77 bits per heavy atom. The van der Waals surface area contributed by atoms with Crippen LogP contribution < -0.4 is 5.32 Å². The summed E-state index contributed by atoms with van der Waals surface area (Å²) in [7, 11) is 0. The zero-order chi connectivity index (χ0) is 18.9. The summed E-state index contributed by atoms with van der Waals surface area (Å²) in [5, 5.41) is 15.5. The summed E-state index contributed by atoms with van der Waals surface area (Å²) in [6, 6.07) is 5.80. The van der Waals surface area contributed by atoms with E-state index in [2.05, 4.69) is 15.4 Å². The van der Waals surface area contributed by atoms with E-state index in [1.807, 2.05) is 0 Å². The van der Waals surface area contributed by atoms with Gasteiger partial charge < -0.3 is 10.4 Å². The molecule has 26 heavy (non-hydrogen) atoms. The number of rotatable bonds is 10. The molecule has 1 amide bonds. The van der Waals surface area contributed by atoms with Crippen LogP contribution in [-0.4, -0.2) is 38.3 Å². The highest BCUT2D eigenvalue weighted by Crippen LogP contribution is 2.11. The molecular weight excluding hydrogens is 339 g/mol. The summed E-state index contributed by atoms with van der Waals surface area (Å²) in [4.78, 5) is 26.7. The number of aliphatic carboxylic acids is 1. The van der Waals surface area contributed by atoms with Crippen LogP contribution in [0.4, 0.5) is 4.39 Å². The fourth-order valence-electron chi connectivity index (χ4n) is 2.53. The van der Waals surface area contributed by atoms with Crippen molar-refractivity contribution in [1.29, 1.82) is 0 Å². The highest BCUT2D eigenvalue weighted by atomic mass is 19.1. The standard InChI is InChI=1S/C18H23FN4O3/c1-13-21-17(22-23(13)15-10-8-14(19)9-11-15)18(26)20-12-6-4-2-3-5-7-16(24)25/h8-11H,2-7,12H2,1H3,(H,20,26)(H,24,25). The zero-order valence-electron chi connectivity index (χ0n) is 14.7. The average Bonchev–Trinajstić information content (AvgIpc) is 2.99. The summed E-state index contributed by atoms with van der Waals surface area (Å²) in [5.74, 6) is -0.833. The van der Waals surface area contributed by atoms with Gasteiger partial charge in [-0.3, -0.25) is 9.59 Å². The molecule has 0 spiro atoms. The number of halogens is 1. The smallest absolute Gasteiger partial charge is 0.303 e. The van der Waals surface area contributed by atoms with Crippen LogP contribution in [0.1, 0.15) is 55.0 Å². The van der Waals surface area contributed by atoms with Gasteiger partial charge in [-0.25, -0.2) is 14.1 Å². The average molecular weight is 362 g/mol. The number of amides is 1. The molecule has 0 radical (unpaired) electrons. The van der Waals surface area contributed by atoms with Gasteiger partial charge in [0.25, 0.3) is 5.91 Å². The third-order valence-electron chi connectivity index (χ3n) is 3.90. The van der Waals surface area contributed by atoms with Gasteiger partial charge in [0.2, 0.25) is 5.82 Å². The van der Waals surface area contributed by atoms with Gasteiger partial charge in [-0.1, -0.05) is 19.3 Å². The Morgan fingerprint density at radius 3 is 2.46 bits per heavy atom. The van der Waals surface area contributed by atoms with Crippen LogP contribution in [0, 0.1) is 12.7 Å². The number of hydrogen-bond acceptors (Lipinski definition) is 4. The van der Waals surface area contributed by atoms with Crippen molar-refractivity contribution in [2.45, 2.75) is 45.4 Å². The molecule has 0 atom stereocenters. The molecule has 0 aliphatic carbocycles. The number of carboxylic acids is 1. The Bertz CT molecular complexity index is 743. The lowest BCUT2D eigenvalue weighted by molar-refractivity contribution is -0.137. The number of carbonyl (C=O) groups excluding carboxylic acids is 1. The number of carbonyl (C=O) groups is 2. The largest absolute Gasteiger partial charge is 0.481 e. The van der Waals surface area contributed by atoms with Crippen LogP contribution in [0.2, 0.25) is 0 Å². The van der Waals surface area contributed by atoms with E-state index in [1.54, 1.807) is 19.1 Å². The first-order valence-corrected chi connectivity index (χ1v) is 8.67. The van der Waals surface area contributed by atoms with Gasteiger partial charge in [0.15, 0.2) is 0 Å². The van der Waals surface area contributed by atoms with Gasteiger partial charge in [0.1, 0.15) is 11.6 Å². The monoisotopic (exact) mass is 362 g/mol. The number of aryl methyl sites for hydroxylation is 1. The summed E-state index contributed by atoms with van der Waals surface area (Å²) < 4.78 is 14.5. The molecule has 2 aromatic rings. The number of carboxylic acid groups (broad SMARTS) is 1. The maximum Gasteiger partial charge on any atom is 0.303 e. The highest BCUT2D eigenvalue weighted by molar-refractivity contribution is 5.90. The number of unbranched alkanes of at least 4 members (excludes halogenated alkanes) is 4. The van der Waals surface area contributed by atoms with Gasteiger partial charge in [-0.2, -0.15) is 0 Å². The Morgan fingerprint density at radius 1 is 1.12 bits per heavy atom. The van der Waals surface area contributed by atoms with Gasteiger partial charge in [0, 0.05) is 13.0 Å². The Kier molecular flexibility index (Phi) is 7.25. The van der Waals surface area contributed by atoms with E-state index in [4.69, 9.17) is 5.11 Å². The first kappa shape index (κ1) is 19.6. The molecule has 0 unspecified atom stereocenters. The van der Waals surface area contributed by atoms with E-state index in [0.717, 1.165) is 25.7 Å². The van der Waals surface area contributed by atoms with Crippen molar-refractivity contribution in [3.05, 3.63) is 41.7 Å².